The van der Waals surface area contributed by atoms with Crippen LogP contribution in [0.3, 0.4) is 0 Å². The fraction of sp³-hybridized carbons (Fsp3) is 0.267. The van der Waals surface area contributed by atoms with Gasteiger partial charge in [0.1, 0.15) is 5.82 Å². The van der Waals surface area contributed by atoms with Crippen molar-refractivity contribution < 1.29 is 4.39 Å². The number of hydrogen-bond acceptors (Lipinski definition) is 2. The third-order valence-electron chi connectivity index (χ3n) is 2.98. The molecule has 0 bridgehead atoms. The minimum atomic E-state index is -0.175. The largest absolute Gasteiger partial charge is 0.306 e. The number of benzene rings is 1. The predicted molar refractivity (Wildman–Crippen MR) is 78.6 cm³/mol. The molecule has 100 valence electrons. The molecule has 1 heterocycles. The Morgan fingerprint density at radius 1 is 1.26 bits per heavy atom. The molecule has 0 fully saturated rings. The van der Waals surface area contributed by atoms with E-state index in [0.717, 1.165) is 22.1 Å². The molecule has 0 amide bonds. The fourth-order valence-electron chi connectivity index (χ4n) is 2.07. The van der Waals surface area contributed by atoms with Crippen LogP contribution in [0.15, 0.2) is 41.1 Å². The number of aryl methyl sites for hydroxylation is 1. The summed E-state index contributed by atoms with van der Waals surface area (Å²) in [4.78, 5) is 4.19. The van der Waals surface area contributed by atoms with E-state index in [1.807, 2.05) is 24.4 Å². The van der Waals surface area contributed by atoms with Crippen LogP contribution < -0.4 is 5.32 Å². The first-order valence-electron chi connectivity index (χ1n) is 6.21. The lowest BCUT2D eigenvalue weighted by Gasteiger charge is -2.19. The molecule has 2 rings (SSSR count). The molecule has 0 spiro atoms. The van der Waals surface area contributed by atoms with E-state index in [-0.39, 0.29) is 11.9 Å². The Kier molecular flexibility index (Phi) is 4.66. The van der Waals surface area contributed by atoms with Crippen LogP contribution in [0, 0.1) is 12.7 Å². The number of pyridine rings is 1. The van der Waals surface area contributed by atoms with Gasteiger partial charge in [0, 0.05) is 16.9 Å². The van der Waals surface area contributed by atoms with Gasteiger partial charge in [0.15, 0.2) is 0 Å². The Labute approximate surface area is 121 Å². The lowest BCUT2D eigenvalue weighted by atomic mass is 9.98. The lowest BCUT2D eigenvalue weighted by molar-refractivity contribution is 0.605. The average molecular weight is 323 g/mol. The first kappa shape index (κ1) is 14.2. The number of nitrogens with zero attached hydrogens (tertiary/aromatic N) is 1. The molecule has 2 aromatic rings. The predicted octanol–water partition coefficient (Wildman–Crippen LogP) is 3.99. The molecule has 2 nitrogen and oxygen atoms in total. The van der Waals surface area contributed by atoms with Crippen LogP contribution in [0.25, 0.3) is 0 Å². The Hall–Kier alpha value is -1.26. The van der Waals surface area contributed by atoms with Gasteiger partial charge in [-0.15, -0.1) is 0 Å². The minimum absolute atomic E-state index is 0.0225. The van der Waals surface area contributed by atoms with Gasteiger partial charge in [-0.05, 0) is 58.2 Å². The Morgan fingerprint density at radius 2 is 2.05 bits per heavy atom. The fourth-order valence-corrected chi connectivity index (χ4v) is 2.45. The third-order valence-corrected chi connectivity index (χ3v) is 3.42. The molecular weight excluding hydrogens is 307 g/mol. The van der Waals surface area contributed by atoms with Gasteiger partial charge in [0.25, 0.3) is 0 Å². The van der Waals surface area contributed by atoms with Gasteiger partial charge in [0.05, 0.1) is 6.04 Å². The summed E-state index contributed by atoms with van der Waals surface area (Å²) in [5.41, 5.74) is 2.76. The highest BCUT2D eigenvalue weighted by molar-refractivity contribution is 9.10. The van der Waals surface area contributed by atoms with Crippen molar-refractivity contribution in [2.45, 2.75) is 19.9 Å². The van der Waals surface area contributed by atoms with Crippen molar-refractivity contribution in [3.05, 3.63) is 63.6 Å². The van der Waals surface area contributed by atoms with Gasteiger partial charge in [-0.25, -0.2) is 4.39 Å². The summed E-state index contributed by atoms with van der Waals surface area (Å²) in [6.45, 7) is 4.66. The minimum Gasteiger partial charge on any atom is -0.306 e. The van der Waals surface area contributed by atoms with Crippen molar-refractivity contribution in [1.82, 2.24) is 10.3 Å². The quantitative estimate of drug-likeness (QED) is 0.920. The standard InChI is InChI=1S/C15H16BrFN2/c1-3-19-15(12-7-13(16)9-18-8-12)11-4-5-14(17)10(2)6-11/h4-9,15,19H,3H2,1-2H3. The Balaban J connectivity index is 2.42. The number of hydrogen-bond donors (Lipinski definition) is 1. The van der Waals surface area contributed by atoms with E-state index in [9.17, 15) is 4.39 Å². The Bertz CT molecular complexity index is 572. The highest BCUT2D eigenvalue weighted by Crippen LogP contribution is 2.25. The van der Waals surface area contributed by atoms with Gasteiger partial charge in [0.2, 0.25) is 0 Å². The number of nitrogens with one attached hydrogen (secondary N) is 1. The van der Waals surface area contributed by atoms with Crippen LogP contribution in [-0.2, 0) is 0 Å². The van der Waals surface area contributed by atoms with Gasteiger partial charge in [-0.1, -0.05) is 19.1 Å². The second-order valence-electron chi connectivity index (χ2n) is 4.44. The van der Waals surface area contributed by atoms with Crippen LogP contribution in [0.1, 0.15) is 29.7 Å². The average Bonchev–Trinajstić information content (AvgIpc) is 2.39. The normalized spacial score (nSPS) is 12.4. The molecule has 1 N–H and O–H groups in total. The van der Waals surface area contributed by atoms with Gasteiger partial charge < -0.3 is 5.32 Å². The summed E-state index contributed by atoms with van der Waals surface area (Å²) in [6, 6.07) is 7.26. The summed E-state index contributed by atoms with van der Waals surface area (Å²) in [7, 11) is 0. The molecule has 1 aromatic carbocycles. The van der Waals surface area contributed by atoms with Crippen molar-refractivity contribution >= 4 is 15.9 Å². The van der Waals surface area contributed by atoms with Crippen molar-refractivity contribution in [2.75, 3.05) is 6.54 Å². The first-order valence-corrected chi connectivity index (χ1v) is 7.01. The van der Waals surface area contributed by atoms with Gasteiger partial charge in [-0.2, -0.15) is 0 Å². The third kappa shape index (κ3) is 3.39. The molecule has 0 saturated heterocycles. The maximum absolute atomic E-state index is 13.4. The van der Waals surface area contributed by atoms with Crippen LogP contribution in [0.5, 0.6) is 0 Å². The van der Waals surface area contributed by atoms with E-state index in [1.54, 1.807) is 13.1 Å². The summed E-state index contributed by atoms with van der Waals surface area (Å²) in [5, 5.41) is 3.41. The van der Waals surface area contributed by atoms with E-state index in [4.69, 9.17) is 0 Å². The monoisotopic (exact) mass is 322 g/mol. The van der Waals surface area contributed by atoms with Crippen molar-refractivity contribution in [1.29, 1.82) is 0 Å². The Morgan fingerprint density at radius 3 is 2.68 bits per heavy atom. The number of aromatic nitrogens is 1. The first-order chi connectivity index (χ1) is 9.11. The van der Waals surface area contributed by atoms with Gasteiger partial charge >= 0.3 is 0 Å². The smallest absolute Gasteiger partial charge is 0.126 e. The van der Waals surface area contributed by atoms with E-state index >= 15 is 0 Å². The molecule has 1 atom stereocenters. The molecule has 0 saturated carbocycles. The molecule has 4 heteroatoms. The summed E-state index contributed by atoms with van der Waals surface area (Å²) >= 11 is 3.43. The van der Waals surface area contributed by atoms with Crippen LogP contribution >= 0.6 is 15.9 Å². The maximum atomic E-state index is 13.4. The van der Waals surface area contributed by atoms with Crippen molar-refractivity contribution in [3.8, 4) is 0 Å². The molecular formula is C15H16BrFN2. The number of rotatable bonds is 4. The molecule has 1 unspecified atom stereocenters. The molecule has 1 aromatic heterocycles. The zero-order chi connectivity index (χ0) is 13.8. The second-order valence-corrected chi connectivity index (χ2v) is 5.35. The molecule has 0 aliphatic carbocycles. The van der Waals surface area contributed by atoms with E-state index < -0.39 is 0 Å². The van der Waals surface area contributed by atoms with Crippen LogP contribution in [0.2, 0.25) is 0 Å². The summed E-state index contributed by atoms with van der Waals surface area (Å²) in [6.07, 6.45) is 3.58. The van der Waals surface area contributed by atoms with Crippen molar-refractivity contribution in [3.63, 3.8) is 0 Å². The van der Waals surface area contributed by atoms with E-state index in [1.165, 1.54) is 6.07 Å². The number of halogens is 2. The topological polar surface area (TPSA) is 24.9 Å². The summed E-state index contributed by atoms with van der Waals surface area (Å²) in [5.74, 6) is -0.175. The SMILES string of the molecule is CCNC(c1cncc(Br)c1)c1ccc(F)c(C)c1. The molecule has 19 heavy (non-hydrogen) atoms. The van der Waals surface area contributed by atoms with Crippen LogP contribution in [0.4, 0.5) is 4.39 Å². The zero-order valence-corrected chi connectivity index (χ0v) is 12.5. The highest BCUT2D eigenvalue weighted by atomic mass is 79.9. The van der Waals surface area contributed by atoms with Crippen LogP contribution in [-0.4, -0.2) is 11.5 Å². The summed E-state index contributed by atoms with van der Waals surface area (Å²) < 4.78 is 14.3. The molecule has 0 aliphatic rings. The molecule has 0 aliphatic heterocycles. The van der Waals surface area contributed by atoms with E-state index in [0.29, 0.717) is 5.56 Å². The maximum Gasteiger partial charge on any atom is 0.126 e. The van der Waals surface area contributed by atoms with Crippen molar-refractivity contribution in [2.24, 2.45) is 0 Å². The van der Waals surface area contributed by atoms with E-state index in [2.05, 4.69) is 33.2 Å². The van der Waals surface area contributed by atoms with Gasteiger partial charge in [-0.3, -0.25) is 4.98 Å². The molecule has 0 radical (unpaired) electrons. The highest BCUT2D eigenvalue weighted by Gasteiger charge is 2.14. The second kappa shape index (κ2) is 6.26. The zero-order valence-electron chi connectivity index (χ0n) is 11.0. The lowest BCUT2D eigenvalue weighted by Crippen LogP contribution is -2.22.